The van der Waals surface area contributed by atoms with Gasteiger partial charge in [-0.25, -0.2) is 9.78 Å². The number of hydrogen-bond acceptors (Lipinski definition) is 6. The van der Waals surface area contributed by atoms with Crippen LogP contribution in [0.1, 0.15) is 23.0 Å². The van der Waals surface area contributed by atoms with E-state index in [9.17, 15) is 14.4 Å². The molecule has 7 nitrogen and oxygen atoms in total. The van der Waals surface area contributed by atoms with Gasteiger partial charge in [-0.15, -0.1) is 11.3 Å². The van der Waals surface area contributed by atoms with Gasteiger partial charge in [-0.05, 0) is 18.1 Å². The van der Waals surface area contributed by atoms with Gasteiger partial charge in [0.15, 0.2) is 0 Å². The molecule has 1 aromatic carbocycles. The zero-order valence-electron chi connectivity index (χ0n) is 15.0. The first-order valence-corrected chi connectivity index (χ1v) is 8.87. The first-order chi connectivity index (χ1) is 12.8. The molecule has 0 radical (unpaired) electrons. The molecule has 2 aromatic rings. The number of benzene rings is 1. The van der Waals surface area contributed by atoms with Gasteiger partial charge >= 0.3 is 5.97 Å². The van der Waals surface area contributed by atoms with Gasteiger partial charge in [0.05, 0.1) is 12.8 Å². The zero-order chi connectivity index (χ0) is 20.0. The van der Waals surface area contributed by atoms with Crippen molar-refractivity contribution in [3.8, 4) is 10.6 Å². The van der Waals surface area contributed by atoms with Crippen molar-refractivity contribution in [3.05, 3.63) is 65.5 Å². The van der Waals surface area contributed by atoms with Crippen molar-refractivity contribution < 1.29 is 19.1 Å². The van der Waals surface area contributed by atoms with Gasteiger partial charge < -0.3 is 15.4 Å². The van der Waals surface area contributed by atoms with Gasteiger partial charge in [0.25, 0.3) is 11.8 Å². The first-order valence-electron chi connectivity index (χ1n) is 7.99. The summed E-state index contributed by atoms with van der Waals surface area (Å²) in [4.78, 5) is 39.8. The van der Waals surface area contributed by atoms with Crippen molar-refractivity contribution in [2.24, 2.45) is 0 Å². The maximum atomic E-state index is 12.3. The Balaban J connectivity index is 2.03. The van der Waals surface area contributed by atoms with Gasteiger partial charge in [-0.1, -0.05) is 38.3 Å². The van der Waals surface area contributed by atoms with Crippen LogP contribution < -0.4 is 10.6 Å². The Morgan fingerprint density at radius 1 is 1.19 bits per heavy atom. The third kappa shape index (κ3) is 5.11. The summed E-state index contributed by atoms with van der Waals surface area (Å²) in [5.74, 6) is -2.14. The Morgan fingerprint density at radius 2 is 1.93 bits per heavy atom. The number of methoxy groups -OCH3 is 1. The van der Waals surface area contributed by atoms with Crippen molar-refractivity contribution in [2.75, 3.05) is 7.11 Å². The molecule has 0 aliphatic rings. The normalized spacial score (nSPS) is 10.0. The average molecular weight is 385 g/mol. The summed E-state index contributed by atoms with van der Waals surface area (Å²) in [6.07, 6.45) is 0.901. The second kappa shape index (κ2) is 8.91. The highest BCUT2D eigenvalue weighted by molar-refractivity contribution is 7.13. The zero-order valence-corrected chi connectivity index (χ0v) is 15.8. The van der Waals surface area contributed by atoms with Crippen LogP contribution in [0.15, 0.2) is 54.2 Å². The lowest BCUT2D eigenvalue weighted by molar-refractivity contribution is -0.137. The molecule has 1 aromatic heterocycles. The number of aromatic nitrogens is 1. The molecule has 0 aliphatic heterocycles. The minimum atomic E-state index is -0.791. The van der Waals surface area contributed by atoms with Crippen LogP contribution >= 0.6 is 11.3 Å². The van der Waals surface area contributed by atoms with Gasteiger partial charge in [0.2, 0.25) is 0 Å². The molecule has 0 fully saturated rings. The average Bonchev–Trinajstić information content (AvgIpc) is 3.17. The van der Waals surface area contributed by atoms with E-state index in [0.29, 0.717) is 5.01 Å². The Labute approximate surface area is 160 Å². The van der Waals surface area contributed by atoms with Crippen LogP contribution in [0.5, 0.6) is 0 Å². The number of nitrogens with zero attached hydrogens (tertiary/aromatic N) is 1. The minimum absolute atomic E-state index is 0.164. The molecule has 2 amide bonds. The lowest BCUT2D eigenvalue weighted by Gasteiger charge is -2.09. The van der Waals surface area contributed by atoms with E-state index >= 15 is 0 Å². The van der Waals surface area contributed by atoms with Crippen LogP contribution in [-0.4, -0.2) is 29.9 Å². The Morgan fingerprint density at radius 3 is 2.59 bits per heavy atom. The van der Waals surface area contributed by atoms with E-state index in [1.165, 1.54) is 16.9 Å². The van der Waals surface area contributed by atoms with Crippen molar-refractivity contribution in [1.82, 2.24) is 15.6 Å². The second-order valence-electron chi connectivity index (χ2n) is 5.45. The molecule has 2 N–H and O–H groups in total. The molecule has 0 spiro atoms. The highest BCUT2D eigenvalue weighted by Gasteiger charge is 2.18. The fourth-order valence-electron chi connectivity index (χ4n) is 2.08. The summed E-state index contributed by atoms with van der Waals surface area (Å²) in [6, 6.07) is 7.90. The highest BCUT2D eigenvalue weighted by Crippen LogP contribution is 2.24. The lowest BCUT2D eigenvalue weighted by atomic mass is 10.1. The molecule has 1 heterocycles. The number of nitrogens with one attached hydrogen (secondary N) is 2. The smallest absolute Gasteiger partial charge is 0.353 e. The maximum Gasteiger partial charge on any atom is 0.353 e. The molecule has 140 valence electrons. The summed E-state index contributed by atoms with van der Waals surface area (Å²) in [5.41, 5.74) is 1.75. The summed E-state index contributed by atoms with van der Waals surface area (Å²) in [5, 5.41) is 6.84. The molecule has 0 saturated carbocycles. The summed E-state index contributed by atoms with van der Waals surface area (Å²) >= 11 is 1.33. The predicted octanol–water partition coefficient (Wildman–Crippen LogP) is 2.42. The maximum absolute atomic E-state index is 12.3. The Kier molecular flexibility index (Phi) is 6.62. The van der Waals surface area contributed by atoms with E-state index < -0.39 is 17.8 Å². The fraction of sp³-hybridized carbons (Fsp3) is 0.158. The molecule has 27 heavy (non-hydrogen) atoms. The van der Waals surface area contributed by atoms with Crippen molar-refractivity contribution in [1.29, 1.82) is 0 Å². The Bertz CT molecular complexity index is 917. The van der Waals surface area contributed by atoms with E-state index in [0.717, 1.165) is 19.1 Å². The van der Waals surface area contributed by atoms with E-state index in [1.54, 1.807) is 5.38 Å². The van der Waals surface area contributed by atoms with Gasteiger partial charge in [-0.3, -0.25) is 9.59 Å². The molecule has 0 bridgehead atoms. The third-order valence-electron chi connectivity index (χ3n) is 3.55. The van der Waals surface area contributed by atoms with Crippen LogP contribution in [0.25, 0.3) is 10.6 Å². The predicted molar refractivity (Wildman–Crippen MR) is 103 cm³/mol. The minimum Gasteiger partial charge on any atom is -0.464 e. The van der Waals surface area contributed by atoms with Crippen LogP contribution in [0, 0.1) is 0 Å². The van der Waals surface area contributed by atoms with Crippen molar-refractivity contribution in [3.63, 3.8) is 0 Å². The molecule has 0 aliphatic carbocycles. The van der Waals surface area contributed by atoms with E-state index in [1.807, 2.05) is 24.3 Å². The molecule has 8 heteroatoms. The second-order valence-corrected chi connectivity index (χ2v) is 6.31. The number of carbonyl (C=O) groups is 3. The van der Waals surface area contributed by atoms with Crippen LogP contribution in [0.3, 0.4) is 0 Å². The lowest BCUT2D eigenvalue weighted by Crippen LogP contribution is -2.35. The van der Waals surface area contributed by atoms with Gasteiger partial charge in [0, 0.05) is 10.9 Å². The van der Waals surface area contributed by atoms with Crippen molar-refractivity contribution in [2.45, 2.75) is 13.3 Å². The topological polar surface area (TPSA) is 97.4 Å². The monoisotopic (exact) mass is 385 g/mol. The molecule has 0 saturated heterocycles. The first kappa shape index (κ1) is 20.1. The van der Waals surface area contributed by atoms with Gasteiger partial charge in [-0.2, -0.15) is 0 Å². The van der Waals surface area contributed by atoms with Crippen LogP contribution in [0.2, 0.25) is 0 Å². The number of thiazole rings is 1. The number of esters is 1. The summed E-state index contributed by atoms with van der Waals surface area (Å²) in [6.45, 7) is 8.91. The largest absolute Gasteiger partial charge is 0.464 e. The molecular formula is C19H19N3O4S. The number of carbonyl (C=O) groups excluding carboxylic acids is 3. The summed E-state index contributed by atoms with van der Waals surface area (Å²) in [7, 11) is 1.16. The number of hydrogen-bond donors (Lipinski definition) is 2. The van der Waals surface area contributed by atoms with E-state index in [2.05, 4.69) is 40.4 Å². The molecule has 0 unspecified atom stereocenters. The molecule has 0 atom stereocenters. The quantitative estimate of drug-likeness (QED) is 0.563. The highest BCUT2D eigenvalue weighted by atomic mass is 32.1. The van der Waals surface area contributed by atoms with E-state index in [-0.39, 0.29) is 17.1 Å². The van der Waals surface area contributed by atoms with Gasteiger partial charge in [0.1, 0.15) is 16.4 Å². The fourth-order valence-corrected chi connectivity index (χ4v) is 2.88. The number of amides is 2. The molecule has 2 rings (SSSR count). The number of ether oxygens (including phenoxy) is 1. The molecular weight excluding hydrogens is 366 g/mol. The number of rotatable bonds is 7. The van der Waals surface area contributed by atoms with Crippen LogP contribution in [0.4, 0.5) is 0 Å². The van der Waals surface area contributed by atoms with E-state index in [4.69, 9.17) is 0 Å². The SMILES string of the molecule is C=C(NC(=O)c1csc(-c2cccc(CC)c2)n1)C(=O)NC(=C)C(=O)OC. The standard InChI is InChI=1S/C19H19N3O4S/c1-5-13-7-6-8-14(9-13)18-22-15(10-27-18)17(24)20-11(2)16(23)21-12(3)19(25)26-4/h6-10H,2-3,5H2,1,4H3,(H,20,24)(H,21,23). The summed E-state index contributed by atoms with van der Waals surface area (Å²) < 4.78 is 4.43. The number of aryl methyl sites for hydroxylation is 1. The Hall–Kier alpha value is -3.26. The third-order valence-corrected chi connectivity index (χ3v) is 4.45. The van der Waals surface area contributed by atoms with Crippen molar-refractivity contribution >= 4 is 29.1 Å². The van der Waals surface area contributed by atoms with Crippen LogP contribution in [-0.2, 0) is 20.7 Å².